The van der Waals surface area contributed by atoms with Crippen LogP contribution in [0.1, 0.15) is 5.56 Å². The van der Waals surface area contributed by atoms with Crippen molar-refractivity contribution in [1.82, 2.24) is 9.55 Å². The molecule has 0 aliphatic rings. The molecule has 17 heavy (non-hydrogen) atoms. The van der Waals surface area contributed by atoms with E-state index in [4.69, 9.17) is 23.2 Å². The van der Waals surface area contributed by atoms with E-state index in [1.165, 1.54) is 17.1 Å². The van der Waals surface area contributed by atoms with E-state index < -0.39 is 11.7 Å². The monoisotopic (exact) mass is 280 g/mol. The van der Waals surface area contributed by atoms with Gasteiger partial charge >= 0.3 is 6.18 Å². The molecular weight excluding hydrogens is 276 g/mol. The number of aromatic nitrogens is 2. The van der Waals surface area contributed by atoms with Gasteiger partial charge < -0.3 is 4.57 Å². The Hall–Kier alpha value is -1.20. The van der Waals surface area contributed by atoms with E-state index in [0.29, 0.717) is 0 Å². The Morgan fingerprint density at radius 3 is 2.12 bits per heavy atom. The van der Waals surface area contributed by atoms with Crippen LogP contribution >= 0.6 is 23.2 Å². The van der Waals surface area contributed by atoms with Crippen LogP contribution in [0.3, 0.4) is 0 Å². The van der Waals surface area contributed by atoms with Gasteiger partial charge in [0.05, 0.1) is 27.6 Å². The minimum Gasteiger partial charge on any atom is -0.303 e. The van der Waals surface area contributed by atoms with Gasteiger partial charge in [-0.25, -0.2) is 4.98 Å². The van der Waals surface area contributed by atoms with Crippen molar-refractivity contribution in [3.05, 3.63) is 46.5 Å². The lowest BCUT2D eigenvalue weighted by Gasteiger charge is -2.12. The molecule has 1 aromatic carbocycles. The number of rotatable bonds is 1. The van der Waals surface area contributed by atoms with Crippen molar-refractivity contribution in [2.24, 2.45) is 0 Å². The van der Waals surface area contributed by atoms with Crippen LogP contribution < -0.4 is 0 Å². The van der Waals surface area contributed by atoms with Gasteiger partial charge in [0, 0.05) is 12.4 Å². The molecule has 0 aliphatic heterocycles. The number of nitrogens with zero attached hydrogens (tertiary/aromatic N) is 2. The van der Waals surface area contributed by atoms with Crippen LogP contribution in [0.25, 0.3) is 5.69 Å². The summed E-state index contributed by atoms with van der Waals surface area (Å²) in [4.78, 5) is 3.78. The van der Waals surface area contributed by atoms with Gasteiger partial charge in [-0.2, -0.15) is 13.2 Å². The average molecular weight is 281 g/mol. The van der Waals surface area contributed by atoms with Gasteiger partial charge in [-0.05, 0) is 12.1 Å². The minimum atomic E-state index is -4.47. The smallest absolute Gasteiger partial charge is 0.303 e. The lowest BCUT2D eigenvalue weighted by Crippen LogP contribution is -2.06. The quantitative estimate of drug-likeness (QED) is 0.766. The van der Waals surface area contributed by atoms with Crippen LogP contribution in [-0.4, -0.2) is 9.55 Å². The third kappa shape index (κ3) is 2.40. The largest absolute Gasteiger partial charge is 0.416 e. The number of hydrogen-bond donors (Lipinski definition) is 0. The highest BCUT2D eigenvalue weighted by Gasteiger charge is 2.32. The van der Waals surface area contributed by atoms with Crippen LogP contribution in [0.15, 0.2) is 30.9 Å². The van der Waals surface area contributed by atoms with E-state index in [1.807, 2.05) is 0 Å². The summed E-state index contributed by atoms with van der Waals surface area (Å²) >= 11 is 11.6. The van der Waals surface area contributed by atoms with Crippen LogP contribution in [0, 0.1) is 0 Å². The Labute approximate surface area is 105 Å². The van der Waals surface area contributed by atoms with Crippen LogP contribution in [0.5, 0.6) is 0 Å². The fraction of sp³-hybridized carbons (Fsp3) is 0.100. The summed E-state index contributed by atoms with van der Waals surface area (Å²) in [5, 5.41) is -0.161. The van der Waals surface area contributed by atoms with Crippen molar-refractivity contribution in [3.63, 3.8) is 0 Å². The first-order chi connectivity index (χ1) is 7.89. The Morgan fingerprint density at radius 1 is 1.12 bits per heavy atom. The molecule has 1 heterocycles. The maximum Gasteiger partial charge on any atom is 0.416 e. The zero-order valence-corrected chi connectivity index (χ0v) is 9.68. The van der Waals surface area contributed by atoms with E-state index in [9.17, 15) is 13.2 Å². The van der Waals surface area contributed by atoms with Gasteiger partial charge in [0.15, 0.2) is 0 Å². The first-order valence-electron chi connectivity index (χ1n) is 4.44. The van der Waals surface area contributed by atoms with Gasteiger partial charge in [0.1, 0.15) is 0 Å². The molecule has 0 N–H and O–H groups in total. The van der Waals surface area contributed by atoms with Gasteiger partial charge in [0.2, 0.25) is 0 Å². The SMILES string of the molecule is FC(F)(F)c1cc(Cl)c(-n2ccnc2)c(Cl)c1. The predicted molar refractivity (Wildman–Crippen MR) is 58.6 cm³/mol. The Bertz CT molecular complexity index is 512. The molecule has 0 atom stereocenters. The molecule has 1 aromatic heterocycles. The molecule has 90 valence electrons. The van der Waals surface area contributed by atoms with Gasteiger partial charge in [0.25, 0.3) is 0 Å². The summed E-state index contributed by atoms with van der Waals surface area (Å²) in [6, 6.07) is 1.67. The van der Waals surface area contributed by atoms with E-state index in [1.54, 1.807) is 6.20 Å². The Balaban J connectivity index is 2.58. The topological polar surface area (TPSA) is 17.8 Å². The second-order valence-corrected chi connectivity index (χ2v) is 4.07. The predicted octanol–water partition coefficient (Wildman–Crippen LogP) is 4.20. The zero-order chi connectivity index (χ0) is 12.6. The highest BCUT2D eigenvalue weighted by Crippen LogP contribution is 2.37. The third-order valence-electron chi connectivity index (χ3n) is 2.11. The molecular formula is C10H5Cl2F3N2. The molecule has 0 spiro atoms. The van der Waals surface area contributed by atoms with Gasteiger partial charge in [-0.15, -0.1) is 0 Å². The molecule has 0 aliphatic carbocycles. The van der Waals surface area contributed by atoms with E-state index in [-0.39, 0.29) is 15.7 Å². The normalized spacial score (nSPS) is 11.8. The van der Waals surface area contributed by atoms with Gasteiger partial charge in [-0.1, -0.05) is 23.2 Å². The lowest BCUT2D eigenvalue weighted by atomic mass is 10.2. The molecule has 0 amide bonds. The first-order valence-corrected chi connectivity index (χ1v) is 5.20. The summed E-state index contributed by atoms with van der Waals surface area (Å²) in [6.07, 6.45) is -0.0498. The highest BCUT2D eigenvalue weighted by atomic mass is 35.5. The summed E-state index contributed by atoms with van der Waals surface area (Å²) in [6.45, 7) is 0. The third-order valence-corrected chi connectivity index (χ3v) is 2.68. The minimum absolute atomic E-state index is 0.0807. The lowest BCUT2D eigenvalue weighted by molar-refractivity contribution is -0.137. The highest BCUT2D eigenvalue weighted by molar-refractivity contribution is 6.37. The number of alkyl halides is 3. The Kier molecular flexibility index (Phi) is 3.05. The fourth-order valence-electron chi connectivity index (χ4n) is 1.37. The maximum absolute atomic E-state index is 12.5. The molecule has 0 fully saturated rings. The van der Waals surface area contributed by atoms with Crippen molar-refractivity contribution < 1.29 is 13.2 Å². The van der Waals surface area contributed by atoms with Crippen LogP contribution in [0.2, 0.25) is 10.0 Å². The van der Waals surface area contributed by atoms with E-state index in [2.05, 4.69) is 4.98 Å². The molecule has 2 nitrogen and oxygen atoms in total. The molecule has 0 radical (unpaired) electrons. The maximum atomic E-state index is 12.5. The van der Waals surface area contributed by atoms with E-state index in [0.717, 1.165) is 12.1 Å². The molecule has 0 saturated carbocycles. The van der Waals surface area contributed by atoms with Crippen LogP contribution in [-0.2, 0) is 6.18 Å². The van der Waals surface area contributed by atoms with Crippen LogP contribution in [0.4, 0.5) is 13.2 Å². The Morgan fingerprint density at radius 2 is 1.71 bits per heavy atom. The van der Waals surface area contributed by atoms with Crippen molar-refractivity contribution in [1.29, 1.82) is 0 Å². The van der Waals surface area contributed by atoms with Crippen molar-refractivity contribution in [2.75, 3.05) is 0 Å². The van der Waals surface area contributed by atoms with Gasteiger partial charge in [-0.3, -0.25) is 0 Å². The molecule has 7 heteroatoms. The number of benzene rings is 1. The summed E-state index contributed by atoms with van der Waals surface area (Å²) in [5.74, 6) is 0. The zero-order valence-electron chi connectivity index (χ0n) is 8.17. The second kappa shape index (κ2) is 4.23. The summed E-state index contributed by atoms with van der Waals surface area (Å²) in [7, 11) is 0. The average Bonchev–Trinajstić information content (AvgIpc) is 2.68. The first kappa shape index (κ1) is 12.3. The molecule has 0 saturated heterocycles. The molecule has 2 aromatic rings. The fourth-order valence-corrected chi connectivity index (χ4v) is 2.05. The molecule has 2 rings (SSSR count). The summed E-state index contributed by atoms with van der Waals surface area (Å²) in [5.41, 5.74) is -0.602. The van der Waals surface area contributed by atoms with Crippen molar-refractivity contribution in [3.8, 4) is 5.69 Å². The van der Waals surface area contributed by atoms with Crippen molar-refractivity contribution >= 4 is 23.2 Å². The standard InChI is InChI=1S/C10H5Cl2F3N2/c11-7-3-6(10(13,14)15)4-8(12)9(7)17-2-1-16-5-17/h1-5H. The molecule has 0 unspecified atom stereocenters. The number of imidazole rings is 1. The molecule has 0 bridgehead atoms. The second-order valence-electron chi connectivity index (χ2n) is 3.26. The number of hydrogen-bond acceptors (Lipinski definition) is 1. The van der Waals surface area contributed by atoms with Crippen molar-refractivity contribution in [2.45, 2.75) is 6.18 Å². The van der Waals surface area contributed by atoms with E-state index >= 15 is 0 Å². The summed E-state index contributed by atoms with van der Waals surface area (Å²) < 4.78 is 38.9. The number of halogens is 5.